The lowest BCUT2D eigenvalue weighted by Gasteiger charge is -2.32. The molecule has 0 aliphatic rings. The SMILES string of the molecule is CCCCC[C@@H](C(=O)NCNC(=O)c1ccc(-c2cc(OCC)cc(C(=O)C(C)C(C)C[C@@H](CCC(=O)OCc3ccccc3)C(=O)OC(C)(C)C)c2)o1)[C@@H](CC)N(C=O)OCc1ccccc1. The highest BCUT2D eigenvalue weighted by molar-refractivity contribution is 5.99. The first-order valence-electron chi connectivity index (χ1n) is 23.9. The van der Waals surface area contributed by atoms with Crippen LogP contribution in [0.3, 0.4) is 0 Å². The number of carbonyl (C=O) groups excluding carboxylic acids is 6. The van der Waals surface area contributed by atoms with Crippen LogP contribution >= 0.6 is 0 Å². The van der Waals surface area contributed by atoms with Gasteiger partial charge < -0.3 is 29.3 Å². The van der Waals surface area contributed by atoms with E-state index in [0.29, 0.717) is 54.9 Å². The number of ether oxygens (including phenoxy) is 3. The predicted octanol–water partition coefficient (Wildman–Crippen LogP) is 10.0. The van der Waals surface area contributed by atoms with Crippen LogP contribution in [0, 0.1) is 23.7 Å². The molecule has 0 aliphatic heterocycles. The largest absolute Gasteiger partial charge is 0.494 e. The van der Waals surface area contributed by atoms with Gasteiger partial charge in [-0.05, 0) is 101 Å². The van der Waals surface area contributed by atoms with Crippen LogP contribution in [-0.4, -0.2) is 65.9 Å². The summed E-state index contributed by atoms with van der Waals surface area (Å²) in [5.41, 5.74) is 1.85. The summed E-state index contributed by atoms with van der Waals surface area (Å²) in [6.45, 7) is 15.3. The van der Waals surface area contributed by atoms with Crippen LogP contribution in [0.25, 0.3) is 11.3 Å². The molecule has 0 radical (unpaired) electrons. The van der Waals surface area contributed by atoms with Gasteiger partial charge in [0.2, 0.25) is 12.3 Å². The molecule has 0 aliphatic carbocycles. The Labute approximate surface area is 401 Å². The third kappa shape index (κ3) is 17.4. The molecule has 2 unspecified atom stereocenters. The standard InChI is InChI=1S/C54H71N3O11/c1-9-12-15-24-45(46(10-2)57(36-58)66-34-40-22-18-14-19-23-40)51(61)55-35-56-52(62)48-27-26-47(67-48)42-30-43(32-44(31-42)64-11-3)50(60)38(5)37(4)29-41(53(63)68-54(6,7)8)25-28-49(59)65-33-39-20-16-13-17-21-39/h13-14,16-23,26-27,30-32,36-38,41,45-46H,9-12,15,24-25,28-29,33-35H2,1-8H3,(H,55,61)(H,56,62)/t37?,38?,41-,45-,46-/m1/s1. The molecule has 3 amide bonds. The highest BCUT2D eigenvalue weighted by Crippen LogP contribution is 2.33. The first kappa shape index (κ1) is 54.3. The maximum absolute atomic E-state index is 14.2. The van der Waals surface area contributed by atoms with Gasteiger partial charge in [-0.3, -0.25) is 33.6 Å². The molecular formula is C54H71N3O11. The molecule has 3 aromatic carbocycles. The van der Waals surface area contributed by atoms with Crippen molar-refractivity contribution in [3.63, 3.8) is 0 Å². The van der Waals surface area contributed by atoms with Crippen LogP contribution in [-0.2, 0) is 46.7 Å². The fourth-order valence-corrected chi connectivity index (χ4v) is 7.85. The molecule has 0 fully saturated rings. The number of rotatable bonds is 29. The van der Waals surface area contributed by atoms with E-state index in [9.17, 15) is 28.8 Å². The van der Waals surface area contributed by atoms with E-state index in [1.54, 1.807) is 45.0 Å². The summed E-state index contributed by atoms with van der Waals surface area (Å²) in [7, 11) is 0. The monoisotopic (exact) mass is 938 g/mol. The number of nitrogens with zero attached hydrogens (tertiary/aromatic N) is 1. The summed E-state index contributed by atoms with van der Waals surface area (Å²) in [6.07, 6.45) is 4.75. The van der Waals surface area contributed by atoms with E-state index in [-0.39, 0.29) is 56.1 Å². The minimum atomic E-state index is -0.748. The van der Waals surface area contributed by atoms with Crippen molar-refractivity contribution in [1.82, 2.24) is 15.7 Å². The number of hydroxylamine groups is 2. The molecule has 2 N–H and O–H groups in total. The van der Waals surface area contributed by atoms with Crippen LogP contribution in [0.1, 0.15) is 139 Å². The fraction of sp³-hybridized carbons (Fsp3) is 0.481. The van der Waals surface area contributed by atoms with E-state index in [0.717, 1.165) is 30.4 Å². The first-order valence-corrected chi connectivity index (χ1v) is 23.9. The molecule has 0 bridgehead atoms. The van der Waals surface area contributed by atoms with Crippen molar-refractivity contribution < 1.29 is 52.2 Å². The molecule has 0 spiro atoms. The molecule has 14 heteroatoms. The third-order valence-electron chi connectivity index (χ3n) is 11.7. The second kappa shape index (κ2) is 27.5. The van der Waals surface area contributed by atoms with Crippen LogP contribution in [0.2, 0.25) is 0 Å². The number of hydrogen-bond acceptors (Lipinski definition) is 11. The number of Topliss-reactive ketones (excluding diaryl/α,β-unsaturated/α-hetero) is 1. The number of nitrogens with one attached hydrogen (secondary N) is 2. The summed E-state index contributed by atoms with van der Waals surface area (Å²) in [5, 5.41) is 6.74. The molecular weight excluding hydrogens is 867 g/mol. The number of hydrogen-bond donors (Lipinski definition) is 2. The van der Waals surface area contributed by atoms with E-state index >= 15 is 0 Å². The Balaban J connectivity index is 1.42. The average molecular weight is 938 g/mol. The molecule has 4 rings (SSSR count). The van der Waals surface area contributed by atoms with Gasteiger partial charge in [-0.15, -0.1) is 0 Å². The van der Waals surface area contributed by atoms with Crippen molar-refractivity contribution in [2.24, 2.45) is 23.7 Å². The quantitative estimate of drug-likeness (QED) is 0.0132. The van der Waals surface area contributed by atoms with Gasteiger partial charge in [0.15, 0.2) is 11.5 Å². The Kier molecular flexibility index (Phi) is 22.0. The van der Waals surface area contributed by atoms with Crippen molar-refractivity contribution in [3.8, 4) is 17.1 Å². The Morgan fingerprint density at radius 1 is 0.809 bits per heavy atom. The van der Waals surface area contributed by atoms with E-state index in [2.05, 4.69) is 17.6 Å². The average Bonchev–Trinajstić information content (AvgIpc) is 3.83. The van der Waals surface area contributed by atoms with Gasteiger partial charge >= 0.3 is 11.9 Å². The van der Waals surface area contributed by atoms with E-state index in [1.165, 1.54) is 11.1 Å². The Morgan fingerprint density at radius 3 is 2.10 bits per heavy atom. The first-order chi connectivity index (χ1) is 32.6. The van der Waals surface area contributed by atoms with Crippen molar-refractivity contribution in [2.75, 3.05) is 13.3 Å². The van der Waals surface area contributed by atoms with Crippen LogP contribution < -0.4 is 15.4 Å². The Hall–Kier alpha value is -6.28. The number of benzene rings is 3. The van der Waals surface area contributed by atoms with Crippen molar-refractivity contribution in [1.29, 1.82) is 0 Å². The maximum atomic E-state index is 14.2. The topological polar surface area (TPSA) is 180 Å². The van der Waals surface area contributed by atoms with Gasteiger partial charge in [-0.25, -0.2) is 5.06 Å². The molecule has 14 nitrogen and oxygen atoms in total. The molecule has 1 aromatic heterocycles. The zero-order chi connectivity index (χ0) is 49.6. The van der Waals surface area contributed by atoms with Gasteiger partial charge in [0.25, 0.3) is 5.91 Å². The van der Waals surface area contributed by atoms with Gasteiger partial charge in [0.1, 0.15) is 30.3 Å². The fourth-order valence-electron chi connectivity index (χ4n) is 7.85. The number of esters is 2. The minimum absolute atomic E-state index is 0.00932. The molecule has 1 heterocycles. The number of ketones is 1. The zero-order valence-electron chi connectivity index (χ0n) is 41.0. The number of unbranched alkanes of at least 4 members (excludes halogenated alkanes) is 2. The zero-order valence-corrected chi connectivity index (χ0v) is 41.0. The lowest BCUT2D eigenvalue weighted by Crippen LogP contribution is -2.48. The van der Waals surface area contributed by atoms with E-state index in [1.807, 2.05) is 88.4 Å². The number of carbonyl (C=O) groups is 6. The molecule has 0 saturated carbocycles. The minimum Gasteiger partial charge on any atom is -0.494 e. The van der Waals surface area contributed by atoms with Crippen molar-refractivity contribution >= 4 is 35.9 Å². The lowest BCUT2D eigenvalue weighted by molar-refractivity contribution is -0.200. The van der Waals surface area contributed by atoms with Crippen molar-refractivity contribution in [2.45, 2.75) is 132 Å². The number of amides is 3. The summed E-state index contributed by atoms with van der Waals surface area (Å²) in [6, 6.07) is 26.5. The van der Waals surface area contributed by atoms with Gasteiger partial charge in [0.05, 0.1) is 31.2 Å². The van der Waals surface area contributed by atoms with Crippen LogP contribution in [0.4, 0.5) is 0 Å². The third-order valence-corrected chi connectivity index (χ3v) is 11.7. The van der Waals surface area contributed by atoms with E-state index < -0.39 is 47.2 Å². The van der Waals surface area contributed by atoms with Gasteiger partial charge in [0, 0.05) is 23.5 Å². The summed E-state index contributed by atoms with van der Waals surface area (Å²) >= 11 is 0. The predicted molar refractivity (Wildman–Crippen MR) is 259 cm³/mol. The van der Waals surface area contributed by atoms with Crippen LogP contribution in [0.5, 0.6) is 5.75 Å². The smallest absolute Gasteiger partial charge is 0.309 e. The van der Waals surface area contributed by atoms with Crippen LogP contribution in [0.15, 0.2) is 95.4 Å². The molecule has 0 saturated heterocycles. The maximum Gasteiger partial charge on any atom is 0.309 e. The van der Waals surface area contributed by atoms with Gasteiger partial charge in [-0.1, -0.05) is 108 Å². The lowest BCUT2D eigenvalue weighted by atomic mass is 9.81. The summed E-state index contributed by atoms with van der Waals surface area (Å²) in [4.78, 5) is 85.6. The highest BCUT2D eigenvalue weighted by Gasteiger charge is 2.33. The molecule has 68 heavy (non-hydrogen) atoms. The summed E-state index contributed by atoms with van der Waals surface area (Å²) < 4.78 is 23.1. The normalized spacial score (nSPS) is 13.5. The molecule has 4 aromatic rings. The molecule has 368 valence electrons. The second-order valence-corrected chi connectivity index (χ2v) is 18.2. The number of furan rings is 1. The Morgan fingerprint density at radius 2 is 1.49 bits per heavy atom. The van der Waals surface area contributed by atoms with Crippen molar-refractivity contribution in [3.05, 3.63) is 113 Å². The Bertz CT molecular complexity index is 2220. The molecule has 5 atom stereocenters. The highest BCUT2D eigenvalue weighted by atomic mass is 16.7. The summed E-state index contributed by atoms with van der Waals surface area (Å²) in [5.74, 6) is -3.33. The second-order valence-electron chi connectivity index (χ2n) is 18.2. The van der Waals surface area contributed by atoms with Gasteiger partial charge in [-0.2, -0.15) is 0 Å². The van der Waals surface area contributed by atoms with E-state index in [4.69, 9.17) is 23.5 Å².